The van der Waals surface area contributed by atoms with Crippen molar-refractivity contribution in [1.29, 1.82) is 0 Å². The van der Waals surface area contributed by atoms with E-state index in [1.807, 2.05) is 32.8 Å². The molecule has 2 fully saturated rings. The number of hydrogen-bond acceptors (Lipinski definition) is 4. The second kappa shape index (κ2) is 7.64. The van der Waals surface area contributed by atoms with Gasteiger partial charge >= 0.3 is 6.09 Å². The van der Waals surface area contributed by atoms with Crippen LogP contribution >= 0.6 is 0 Å². The fourth-order valence-corrected chi connectivity index (χ4v) is 3.43. The van der Waals surface area contributed by atoms with Crippen LogP contribution in [-0.4, -0.2) is 55.0 Å². The number of carbonyl (C=O) groups excluding carboxylic acids is 1. The van der Waals surface area contributed by atoms with E-state index in [1.54, 1.807) is 0 Å². The lowest BCUT2D eigenvalue weighted by Gasteiger charge is -2.38. The second-order valence-electron chi connectivity index (χ2n) is 7.57. The molecule has 0 aromatic heterocycles. The fourth-order valence-electron chi connectivity index (χ4n) is 3.43. The Bertz CT molecular complexity index is 359. The molecule has 1 aliphatic heterocycles. The lowest BCUT2D eigenvalue weighted by molar-refractivity contribution is 0.0147. The third-order valence-electron chi connectivity index (χ3n) is 4.60. The van der Waals surface area contributed by atoms with E-state index >= 15 is 0 Å². The Morgan fingerprint density at radius 3 is 2.32 bits per heavy atom. The zero-order chi connectivity index (χ0) is 16.2. The quantitative estimate of drug-likeness (QED) is 0.870. The first-order valence-electron chi connectivity index (χ1n) is 8.66. The number of likely N-dealkylation sites (tertiary alicyclic amines) is 1. The monoisotopic (exact) mass is 312 g/mol. The maximum Gasteiger partial charge on any atom is 0.410 e. The van der Waals surface area contributed by atoms with Gasteiger partial charge in [0.05, 0.1) is 6.10 Å². The Kier molecular flexibility index (Phi) is 6.09. The van der Waals surface area contributed by atoms with Gasteiger partial charge in [0.15, 0.2) is 0 Å². The first-order chi connectivity index (χ1) is 10.4. The van der Waals surface area contributed by atoms with E-state index in [4.69, 9.17) is 9.47 Å². The standard InChI is InChI=1S/C17H32N2O3/c1-17(2,3)22-16(20)19-11-9-13(10-12-19)18-14-7-5-6-8-15(14)21-4/h13-15,18H,5-12H2,1-4H3. The van der Waals surface area contributed by atoms with E-state index < -0.39 is 5.60 Å². The summed E-state index contributed by atoms with van der Waals surface area (Å²) in [6, 6.07) is 0.955. The van der Waals surface area contributed by atoms with E-state index in [0.717, 1.165) is 32.4 Å². The summed E-state index contributed by atoms with van der Waals surface area (Å²) in [6.45, 7) is 7.28. The average Bonchev–Trinajstić information content (AvgIpc) is 2.47. The summed E-state index contributed by atoms with van der Waals surface area (Å²) in [6.07, 6.45) is 7.06. The van der Waals surface area contributed by atoms with Crippen molar-refractivity contribution in [3.63, 3.8) is 0 Å². The molecule has 0 radical (unpaired) electrons. The highest BCUT2D eigenvalue weighted by molar-refractivity contribution is 5.68. The molecule has 5 nitrogen and oxygen atoms in total. The van der Waals surface area contributed by atoms with Crippen LogP contribution in [0.25, 0.3) is 0 Å². The maximum atomic E-state index is 12.1. The van der Waals surface area contributed by atoms with Crippen LogP contribution in [0.15, 0.2) is 0 Å². The molecule has 0 aromatic rings. The molecule has 1 saturated carbocycles. The van der Waals surface area contributed by atoms with E-state index in [9.17, 15) is 4.79 Å². The Labute approximate surface area is 134 Å². The van der Waals surface area contributed by atoms with Gasteiger partial charge in [0.1, 0.15) is 5.60 Å². The molecule has 1 heterocycles. The van der Waals surface area contributed by atoms with Crippen molar-refractivity contribution in [2.24, 2.45) is 0 Å². The Hall–Kier alpha value is -0.810. The van der Waals surface area contributed by atoms with Crippen LogP contribution < -0.4 is 5.32 Å². The van der Waals surface area contributed by atoms with Gasteiger partial charge in [-0.05, 0) is 46.5 Å². The third kappa shape index (κ3) is 5.13. The highest BCUT2D eigenvalue weighted by atomic mass is 16.6. The molecule has 0 spiro atoms. The van der Waals surface area contributed by atoms with Gasteiger partial charge < -0.3 is 19.7 Å². The zero-order valence-corrected chi connectivity index (χ0v) is 14.6. The van der Waals surface area contributed by atoms with Gasteiger partial charge in [0, 0.05) is 32.3 Å². The predicted octanol–water partition coefficient (Wildman–Crippen LogP) is 2.93. The summed E-state index contributed by atoms with van der Waals surface area (Å²) < 4.78 is 11.1. The summed E-state index contributed by atoms with van der Waals surface area (Å²) in [5.41, 5.74) is -0.417. The van der Waals surface area contributed by atoms with Crippen molar-refractivity contribution in [1.82, 2.24) is 10.2 Å². The fraction of sp³-hybridized carbons (Fsp3) is 0.941. The SMILES string of the molecule is COC1CCCCC1NC1CCN(C(=O)OC(C)(C)C)CC1. The van der Waals surface area contributed by atoms with Crippen molar-refractivity contribution in [2.75, 3.05) is 20.2 Å². The number of ether oxygens (including phenoxy) is 2. The number of methoxy groups -OCH3 is 1. The van der Waals surface area contributed by atoms with Crippen molar-refractivity contribution < 1.29 is 14.3 Å². The van der Waals surface area contributed by atoms with E-state index in [-0.39, 0.29) is 6.09 Å². The highest BCUT2D eigenvalue weighted by Gasteiger charge is 2.30. The van der Waals surface area contributed by atoms with Crippen LogP contribution in [0.2, 0.25) is 0 Å². The van der Waals surface area contributed by atoms with Crippen molar-refractivity contribution in [3.8, 4) is 0 Å². The summed E-state index contributed by atoms with van der Waals surface area (Å²) in [5, 5.41) is 3.76. The molecule has 2 atom stereocenters. The van der Waals surface area contributed by atoms with Crippen LogP contribution in [0.3, 0.4) is 0 Å². The topological polar surface area (TPSA) is 50.8 Å². The van der Waals surface area contributed by atoms with E-state index in [2.05, 4.69) is 5.32 Å². The molecule has 0 bridgehead atoms. The van der Waals surface area contributed by atoms with Crippen molar-refractivity contribution in [2.45, 2.75) is 83.1 Å². The molecule has 1 N–H and O–H groups in total. The smallest absolute Gasteiger partial charge is 0.410 e. The maximum absolute atomic E-state index is 12.1. The molecule has 1 saturated heterocycles. The van der Waals surface area contributed by atoms with Crippen molar-refractivity contribution in [3.05, 3.63) is 0 Å². The predicted molar refractivity (Wildman–Crippen MR) is 87.0 cm³/mol. The minimum Gasteiger partial charge on any atom is -0.444 e. The van der Waals surface area contributed by atoms with Crippen LogP contribution in [0, 0.1) is 0 Å². The Morgan fingerprint density at radius 1 is 1.09 bits per heavy atom. The molecule has 128 valence electrons. The van der Waals surface area contributed by atoms with Gasteiger partial charge in [-0.1, -0.05) is 12.8 Å². The first kappa shape index (κ1) is 17.5. The third-order valence-corrected chi connectivity index (χ3v) is 4.60. The van der Waals surface area contributed by atoms with Crippen LogP contribution in [-0.2, 0) is 9.47 Å². The molecule has 1 amide bonds. The lowest BCUT2D eigenvalue weighted by atomic mass is 9.91. The van der Waals surface area contributed by atoms with E-state index in [1.165, 1.54) is 19.3 Å². The first-order valence-corrected chi connectivity index (χ1v) is 8.66. The van der Waals surface area contributed by atoms with Gasteiger partial charge in [-0.15, -0.1) is 0 Å². The van der Waals surface area contributed by atoms with Crippen molar-refractivity contribution >= 4 is 6.09 Å². The van der Waals surface area contributed by atoms with Gasteiger partial charge in [0.25, 0.3) is 0 Å². The van der Waals surface area contributed by atoms with Crippen LogP contribution in [0.1, 0.15) is 59.3 Å². The molecular formula is C17H32N2O3. The Balaban J connectivity index is 1.76. The summed E-state index contributed by atoms with van der Waals surface area (Å²) in [7, 11) is 1.82. The molecule has 1 aliphatic carbocycles. The number of rotatable bonds is 3. The lowest BCUT2D eigenvalue weighted by Crippen LogP contribution is -2.52. The summed E-state index contributed by atoms with van der Waals surface area (Å²) in [4.78, 5) is 13.9. The van der Waals surface area contributed by atoms with Gasteiger partial charge in [-0.3, -0.25) is 0 Å². The van der Waals surface area contributed by atoms with Gasteiger partial charge in [-0.2, -0.15) is 0 Å². The molecule has 0 aromatic carbocycles. The average molecular weight is 312 g/mol. The molecule has 5 heteroatoms. The van der Waals surface area contributed by atoms with Gasteiger partial charge in [-0.25, -0.2) is 4.79 Å². The highest BCUT2D eigenvalue weighted by Crippen LogP contribution is 2.23. The second-order valence-corrected chi connectivity index (χ2v) is 7.57. The molecule has 22 heavy (non-hydrogen) atoms. The number of hydrogen-bond donors (Lipinski definition) is 1. The molecule has 2 rings (SSSR count). The van der Waals surface area contributed by atoms with E-state index in [0.29, 0.717) is 18.2 Å². The normalized spacial score (nSPS) is 27.7. The zero-order valence-electron chi connectivity index (χ0n) is 14.6. The summed E-state index contributed by atoms with van der Waals surface area (Å²) >= 11 is 0. The number of nitrogens with one attached hydrogen (secondary N) is 1. The minimum absolute atomic E-state index is 0.182. The molecule has 2 aliphatic rings. The number of nitrogens with zero attached hydrogens (tertiary/aromatic N) is 1. The van der Waals surface area contributed by atoms with Crippen LogP contribution in [0.4, 0.5) is 4.79 Å². The van der Waals surface area contributed by atoms with Gasteiger partial charge in [0.2, 0.25) is 0 Å². The Morgan fingerprint density at radius 2 is 1.73 bits per heavy atom. The number of piperidine rings is 1. The number of carbonyl (C=O) groups is 1. The van der Waals surface area contributed by atoms with Crippen LogP contribution in [0.5, 0.6) is 0 Å². The minimum atomic E-state index is -0.417. The largest absolute Gasteiger partial charge is 0.444 e. The molecular weight excluding hydrogens is 280 g/mol. The molecule has 2 unspecified atom stereocenters. The summed E-state index contributed by atoms with van der Waals surface area (Å²) in [5.74, 6) is 0. The number of amides is 1.